The molecule has 1 unspecified atom stereocenters. The van der Waals surface area contributed by atoms with E-state index in [0.29, 0.717) is 5.76 Å². The molecular formula is C13H23NO. The van der Waals surface area contributed by atoms with Crippen LogP contribution in [-0.2, 0) is 0 Å². The SMILES string of the molecule is CC=C(C)C(N)C(C=C(C)O)=C(C)CC. The number of rotatable bonds is 4. The first-order valence-corrected chi connectivity index (χ1v) is 5.39. The number of aliphatic hydroxyl groups is 1. The molecule has 0 aliphatic carbocycles. The molecule has 0 rings (SSSR count). The van der Waals surface area contributed by atoms with Crippen LogP contribution in [0.2, 0.25) is 0 Å². The Kier molecular flexibility index (Phi) is 6.02. The van der Waals surface area contributed by atoms with Crippen molar-refractivity contribution in [1.82, 2.24) is 0 Å². The second-order valence-corrected chi connectivity index (χ2v) is 3.89. The van der Waals surface area contributed by atoms with E-state index in [0.717, 1.165) is 17.6 Å². The molecule has 1 atom stereocenters. The van der Waals surface area contributed by atoms with Crippen LogP contribution in [0.5, 0.6) is 0 Å². The van der Waals surface area contributed by atoms with E-state index < -0.39 is 0 Å². The van der Waals surface area contributed by atoms with Crippen molar-refractivity contribution in [1.29, 1.82) is 0 Å². The average molecular weight is 209 g/mol. The Morgan fingerprint density at radius 1 is 1.33 bits per heavy atom. The van der Waals surface area contributed by atoms with Crippen LogP contribution in [0, 0.1) is 0 Å². The number of aliphatic hydroxyl groups excluding tert-OH is 1. The van der Waals surface area contributed by atoms with Crippen LogP contribution >= 0.6 is 0 Å². The molecule has 15 heavy (non-hydrogen) atoms. The maximum Gasteiger partial charge on any atom is 0.0895 e. The summed E-state index contributed by atoms with van der Waals surface area (Å²) in [5, 5.41) is 9.32. The van der Waals surface area contributed by atoms with Crippen molar-refractivity contribution >= 4 is 0 Å². The molecule has 0 fully saturated rings. The van der Waals surface area contributed by atoms with Crippen LogP contribution in [0.4, 0.5) is 0 Å². The lowest BCUT2D eigenvalue weighted by Gasteiger charge is -2.17. The van der Waals surface area contributed by atoms with Gasteiger partial charge in [0.15, 0.2) is 0 Å². The van der Waals surface area contributed by atoms with Crippen molar-refractivity contribution in [2.45, 2.75) is 47.1 Å². The highest BCUT2D eigenvalue weighted by atomic mass is 16.3. The average Bonchev–Trinajstić information content (AvgIpc) is 2.22. The van der Waals surface area contributed by atoms with E-state index in [4.69, 9.17) is 5.73 Å². The maximum atomic E-state index is 9.32. The molecule has 3 N–H and O–H groups in total. The van der Waals surface area contributed by atoms with Gasteiger partial charge in [-0.25, -0.2) is 0 Å². The highest BCUT2D eigenvalue weighted by Gasteiger charge is 2.11. The highest BCUT2D eigenvalue weighted by molar-refractivity contribution is 5.36. The third-order valence-electron chi connectivity index (χ3n) is 2.67. The Labute approximate surface area is 93.2 Å². The second-order valence-electron chi connectivity index (χ2n) is 3.89. The molecule has 0 amide bonds. The Balaban J connectivity index is 5.23. The maximum absolute atomic E-state index is 9.32. The molecule has 2 heteroatoms. The van der Waals surface area contributed by atoms with Gasteiger partial charge in [-0.3, -0.25) is 0 Å². The fraction of sp³-hybridized carbons (Fsp3) is 0.538. The highest BCUT2D eigenvalue weighted by Crippen LogP contribution is 2.18. The number of hydrogen-bond donors (Lipinski definition) is 2. The zero-order valence-electron chi connectivity index (χ0n) is 10.5. The molecule has 0 spiro atoms. The van der Waals surface area contributed by atoms with Crippen LogP contribution in [0.3, 0.4) is 0 Å². The second kappa shape index (κ2) is 6.46. The summed E-state index contributed by atoms with van der Waals surface area (Å²) in [5.74, 6) is 0.303. The van der Waals surface area contributed by atoms with E-state index >= 15 is 0 Å². The van der Waals surface area contributed by atoms with Crippen molar-refractivity contribution in [3.8, 4) is 0 Å². The molecule has 0 saturated heterocycles. The summed E-state index contributed by atoms with van der Waals surface area (Å²) in [6, 6.07) is -0.114. The molecule has 0 radical (unpaired) electrons. The summed E-state index contributed by atoms with van der Waals surface area (Å²) in [4.78, 5) is 0. The van der Waals surface area contributed by atoms with Crippen molar-refractivity contribution < 1.29 is 5.11 Å². The smallest absolute Gasteiger partial charge is 0.0895 e. The molecule has 0 heterocycles. The quantitative estimate of drug-likeness (QED) is 0.423. The first-order chi connectivity index (χ1) is 6.93. The largest absolute Gasteiger partial charge is 0.513 e. The molecule has 0 saturated carbocycles. The lowest BCUT2D eigenvalue weighted by atomic mass is 9.94. The first-order valence-electron chi connectivity index (χ1n) is 5.39. The van der Waals surface area contributed by atoms with Gasteiger partial charge in [0.1, 0.15) is 0 Å². The van der Waals surface area contributed by atoms with Gasteiger partial charge in [0.05, 0.1) is 11.8 Å². The molecule has 0 bridgehead atoms. The molecular weight excluding hydrogens is 186 g/mol. The predicted molar refractivity (Wildman–Crippen MR) is 66.8 cm³/mol. The Morgan fingerprint density at radius 2 is 1.87 bits per heavy atom. The molecule has 0 aliphatic heterocycles. The monoisotopic (exact) mass is 209 g/mol. The van der Waals surface area contributed by atoms with Crippen LogP contribution < -0.4 is 5.73 Å². The lowest BCUT2D eigenvalue weighted by molar-refractivity contribution is 0.413. The zero-order valence-corrected chi connectivity index (χ0v) is 10.5. The molecule has 86 valence electrons. The van der Waals surface area contributed by atoms with Crippen molar-refractivity contribution in [2.75, 3.05) is 0 Å². The van der Waals surface area contributed by atoms with E-state index in [1.807, 2.05) is 19.9 Å². The number of allylic oxidation sites excluding steroid dienone is 3. The summed E-state index contributed by atoms with van der Waals surface area (Å²) in [5.41, 5.74) is 9.48. The van der Waals surface area contributed by atoms with Crippen LogP contribution in [0.25, 0.3) is 0 Å². The summed E-state index contributed by atoms with van der Waals surface area (Å²) < 4.78 is 0. The molecule has 0 aliphatic rings. The topological polar surface area (TPSA) is 46.2 Å². The van der Waals surface area contributed by atoms with Gasteiger partial charge in [0, 0.05) is 0 Å². The van der Waals surface area contributed by atoms with Gasteiger partial charge in [-0.05, 0) is 45.8 Å². The minimum Gasteiger partial charge on any atom is -0.513 e. The number of hydrogen-bond acceptors (Lipinski definition) is 2. The molecule has 0 aromatic rings. The standard InChI is InChI=1S/C13H23NO/c1-6-9(3)12(8-11(5)15)13(14)10(4)7-2/h7-8,13,15H,6,14H2,1-5H3. The van der Waals surface area contributed by atoms with Gasteiger partial charge in [0.2, 0.25) is 0 Å². The first kappa shape index (κ1) is 14.0. The normalized spacial score (nSPS) is 17.5. The van der Waals surface area contributed by atoms with Crippen molar-refractivity contribution in [2.24, 2.45) is 5.73 Å². The summed E-state index contributed by atoms with van der Waals surface area (Å²) in [6.07, 6.45) is 4.72. The predicted octanol–water partition coefficient (Wildman–Crippen LogP) is 3.47. The van der Waals surface area contributed by atoms with Crippen LogP contribution in [0.15, 0.2) is 34.6 Å². The fourth-order valence-electron chi connectivity index (χ4n) is 1.33. The summed E-state index contributed by atoms with van der Waals surface area (Å²) >= 11 is 0. The zero-order chi connectivity index (χ0) is 12.0. The summed E-state index contributed by atoms with van der Waals surface area (Å²) in [6.45, 7) is 9.80. The van der Waals surface area contributed by atoms with Gasteiger partial charge < -0.3 is 10.8 Å². The Morgan fingerprint density at radius 3 is 2.20 bits per heavy atom. The molecule has 0 aromatic carbocycles. The van der Waals surface area contributed by atoms with Gasteiger partial charge in [-0.2, -0.15) is 0 Å². The van der Waals surface area contributed by atoms with Gasteiger partial charge in [-0.1, -0.05) is 24.1 Å². The van der Waals surface area contributed by atoms with Gasteiger partial charge >= 0.3 is 0 Å². The fourth-order valence-corrected chi connectivity index (χ4v) is 1.33. The van der Waals surface area contributed by atoms with Gasteiger partial charge in [0.25, 0.3) is 0 Å². The minimum absolute atomic E-state index is 0.114. The van der Waals surface area contributed by atoms with Crippen LogP contribution in [-0.4, -0.2) is 11.1 Å². The van der Waals surface area contributed by atoms with E-state index in [1.54, 1.807) is 13.0 Å². The summed E-state index contributed by atoms with van der Waals surface area (Å²) in [7, 11) is 0. The van der Waals surface area contributed by atoms with E-state index in [1.165, 1.54) is 5.57 Å². The lowest BCUT2D eigenvalue weighted by Crippen LogP contribution is -2.24. The van der Waals surface area contributed by atoms with E-state index in [-0.39, 0.29) is 6.04 Å². The Bertz CT molecular complexity index is 294. The van der Waals surface area contributed by atoms with Crippen molar-refractivity contribution in [3.63, 3.8) is 0 Å². The molecule has 2 nitrogen and oxygen atoms in total. The van der Waals surface area contributed by atoms with E-state index in [9.17, 15) is 5.11 Å². The van der Waals surface area contributed by atoms with Gasteiger partial charge in [-0.15, -0.1) is 0 Å². The number of nitrogens with two attached hydrogens (primary N) is 1. The minimum atomic E-state index is -0.114. The van der Waals surface area contributed by atoms with Crippen LogP contribution in [0.1, 0.15) is 41.0 Å². The third-order valence-corrected chi connectivity index (χ3v) is 2.67. The van der Waals surface area contributed by atoms with Crippen molar-refractivity contribution in [3.05, 3.63) is 34.6 Å². The third kappa shape index (κ3) is 4.34. The Hall–Kier alpha value is -1.02. The van der Waals surface area contributed by atoms with E-state index in [2.05, 4.69) is 13.8 Å². The molecule has 0 aromatic heterocycles.